The molecule has 1 aromatic heterocycles. The molecule has 1 amide bonds. The van der Waals surface area contributed by atoms with Gasteiger partial charge in [0.1, 0.15) is 4.99 Å². The van der Waals surface area contributed by atoms with Crippen LogP contribution in [0.3, 0.4) is 0 Å². The lowest BCUT2D eigenvalue weighted by atomic mass is 10.1. The van der Waals surface area contributed by atoms with Crippen LogP contribution in [-0.4, -0.2) is 10.9 Å². The third-order valence-corrected chi connectivity index (χ3v) is 4.44. The summed E-state index contributed by atoms with van der Waals surface area (Å²) in [5, 5.41) is 2.91. The number of amides is 1. The van der Waals surface area contributed by atoms with Crippen molar-refractivity contribution in [3.8, 4) is 0 Å². The van der Waals surface area contributed by atoms with Crippen molar-refractivity contribution in [3.05, 3.63) is 56.8 Å². The summed E-state index contributed by atoms with van der Waals surface area (Å²) in [7, 11) is 0. The number of hydrogen-bond acceptors (Lipinski definition) is 3. The highest BCUT2D eigenvalue weighted by atomic mass is 32.1. The summed E-state index contributed by atoms with van der Waals surface area (Å²) in [4.78, 5) is 14.8. The molecule has 0 unspecified atom stereocenters. The first-order chi connectivity index (χ1) is 9.47. The van der Waals surface area contributed by atoms with Gasteiger partial charge in [-0.2, -0.15) is 0 Å². The average Bonchev–Trinajstić information content (AvgIpc) is 2.75. The molecule has 3 nitrogen and oxygen atoms in total. The Morgan fingerprint density at radius 3 is 2.60 bits per heavy atom. The van der Waals surface area contributed by atoms with Crippen molar-refractivity contribution < 1.29 is 4.79 Å². The van der Waals surface area contributed by atoms with E-state index in [-0.39, 0.29) is 5.91 Å². The highest BCUT2D eigenvalue weighted by Crippen LogP contribution is 2.20. The van der Waals surface area contributed by atoms with Crippen molar-refractivity contribution in [2.45, 2.75) is 20.4 Å². The van der Waals surface area contributed by atoms with Crippen molar-refractivity contribution in [1.29, 1.82) is 0 Å². The zero-order valence-corrected chi connectivity index (χ0v) is 13.0. The summed E-state index contributed by atoms with van der Waals surface area (Å²) in [5.74, 6) is -0.119. The van der Waals surface area contributed by atoms with Gasteiger partial charge in [-0.15, -0.1) is 11.3 Å². The van der Waals surface area contributed by atoms with Gasteiger partial charge < -0.3 is 11.1 Å². The second-order valence-electron chi connectivity index (χ2n) is 4.58. The number of rotatable bonds is 4. The Hall–Kier alpha value is -1.72. The highest BCUT2D eigenvalue weighted by molar-refractivity contribution is 7.80. The van der Waals surface area contributed by atoms with Crippen LogP contribution in [0.15, 0.2) is 30.3 Å². The van der Waals surface area contributed by atoms with Gasteiger partial charge in [-0.25, -0.2) is 0 Å². The lowest BCUT2D eigenvalue weighted by Crippen LogP contribution is -2.22. The Morgan fingerprint density at radius 2 is 2.00 bits per heavy atom. The SMILES string of the molecule is Cc1cc(CNC(=O)c2cccc(C(N)=S)c2)sc1C. The van der Waals surface area contributed by atoms with Crippen molar-refractivity contribution >= 4 is 34.5 Å². The molecule has 2 rings (SSSR count). The van der Waals surface area contributed by atoms with Gasteiger partial charge in [-0.3, -0.25) is 4.79 Å². The maximum absolute atomic E-state index is 12.1. The predicted molar refractivity (Wildman–Crippen MR) is 87.3 cm³/mol. The number of aryl methyl sites for hydroxylation is 2. The van der Waals surface area contributed by atoms with Gasteiger partial charge in [-0.05, 0) is 37.6 Å². The van der Waals surface area contributed by atoms with Crippen molar-refractivity contribution in [1.82, 2.24) is 5.32 Å². The van der Waals surface area contributed by atoms with Gasteiger partial charge in [0, 0.05) is 20.9 Å². The van der Waals surface area contributed by atoms with Crippen molar-refractivity contribution in [3.63, 3.8) is 0 Å². The number of nitrogens with two attached hydrogens (primary N) is 1. The summed E-state index contributed by atoms with van der Waals surface area (Å²) in [6.07, 6.45) is 0. The molecular weight excluding hydrogens is 288 g/mol. The number of hydrogen-bond donors (Lipinski definition) is 2. The lowest BCUT2D eigenvalue weighted by molar-refractivity contribution is 0.0951. The first kappa shape index (κ1) is 14.7. The van der Waals surface area contributed by atoms with Crippen molar-refractivity contribution in [2.75, 3.05) is 0 Å². The maximum Gasteiger partial charge on any atom is 0.251 e. The van der Waals surface area contributed by atoms with Gasteiger partial charge in [0.05, 0.1) is 6.54 Å². The Kier molecular flexibility index (Phi) is 4.52. The first-order valence-electron chi connectivity index (χ1n) is 6.21. The Morgan fingerprint density at radius 1 is 1.30 bits per heavy atom. The summed E-state index contributed by atoms with van der Waals surface area (Å²) in [6, 6.07) is 9.14. The molecule has 3 N–H and O–H groups in total. The lowest BCUT2D eigenvalue weighted by Gasteiger charge is -2.05. The largest absolute Gasteiger partial charge is 0.389 e. The fourth-order valence-corrected chi connectivity index (χ4v) is 2.94. The molecule has 0 atom stereocenters. The van der Waals surface area contributed by atoms with Crippen LogP contribution < -0.4 is 11.1 Å². The van der Waals surface area contributed by atoms with Gasteiger partial charge in [0.15, 0.2) is 0 Å². The number of carbonyl (C=O) groups is 1. The molecule has 1 heterocycles. The molecule has 0 radical (unpaired) electrons. The Bertz CT molecular complexity index is 642. The summed E-state index contributed by atoms with van der Waals surface area (Å²) in [5.41, 5.74) is 8.10. The molecule has 1 aromatic carbocycles. The van der Waals surface area contributed by atoms with E-state index in [1.807, 2.05) is 0 Å². The zero-order valence-electron chi connectivity index (χ0n) is 11.4. The molecule has 0 saturated heterocycles. The van der Waals surface area contributed by atoms with E-state index in [0.717, 1.165) is 4.88 Å². The molecule has 5 heteroatoms. The van der Waals surface area contributed by atoms with Crippen LogP contribution in [0.2, 0.25) is 0 Å². The smallest absolute Gasteiger partial charge is 0.251 e. The number of benzene rings is 1. The van der Waals surface area contributed by atoms with Crippen LogP contribution in [0.4, 0.5) is 0 Å². The van der Waals surface area contributed by atoms with Gasteiger partial charge in [0.25, 0.3) is 5.91 Å². The normalized spacial score (nSPS) is 10.3. The third-order valence-electron chi connectivity index (χ3n) is 3.05. The van der Waals surface area contributed by atoms with E-state index >= 15 is 0 Å². The van der Waals surface area contributed by atoms with E-state index in [2.05, 4.69) is 25.2 Å². The van der Waals surface area contributed by atoms with E-state index in [0.29, 0.717) is 22.7 Å². The zero-order chi connectivity index (χ0) is 14.7. The molecular formula is C15H16N2OS2. The topological polar surface area (TPSA) is 55.1 Å². The Labute approximate surface area is 127 Å². The van der Waals surface area contributed by atoms with Crippen LogP contribution >= 0.6 is 23.6 Å². The van der Waals surface area contributed by atoms with Crippen LogP contribution in [0, 0.1) is 13.8 Å². The standard InChI is InChI=1S/C15H16N2OS2/c1-9-6-13(20-10(9)2)8-17-15(18)12-5-3-4-11(7-12)14(16)19/h3-7H,8H2,1-2H3,(H2,16,19)(H,17,18). The van der Waals surface area contributed by atoms with E-state index in [9.17, 15) is 4.79 Å². The second kappa shape index (κ2) is 6.15. The molecule has 0 bridgehead atoms. The summed E-state index contributed by atoms with van der Waals surface area (Å²) < 4.78 is 0. The molecule has 20 heavy (non-hydrogen) atoms. The molecule has 0 spiro atoms. The molecule has 0 aliphatic rings. The van der Waals surface area contributed by atoms with Gasteiger partial charge in [-0.1, -0.05) is 24.4 Å². The molecule has 0 saturated carbocycles. The average molecular weight is 304 g/mol. The number of carbonyl (C=O) groups excluding carboxylic acids is 1. The monoisotopic (exact) mass is 304 g/mol. The van der Waals surface area contributed by atoms with E-state index < -0.39 is 0 Å². The van der Waals surface area contributed by atoms with Gasteiger partial charge in [0.2, 0.25) is 0 Å². The summed E-state index contributed by atoms with van der Waals surface area (Å²) in [6.45, 7) is 4.69. The minimum atomic E-state index is -0.119. The van der Waals surface area contributed by atoms with E-state index in [1.165, 1.54) is 10.4 Å². The molecule has 0 fully saturated rings. The van der Waals surface area contributed by atoms with Crippen molar-refractivity contribution in [2.24, 2.45) is 5.73 Å². The minimum absolute atomic E-state index is 0.119. The van der Waals surface area contributed by atoms with Crippen LogP contribution in [0.25, 0.3) is 0 Å². The summed E-state index contributed by atoms with van der Waals surface area (Å²) >= 11 is 6.62. The van der Waals surface area contributed by atoms with Crippen LogP contribution in [0.1, 0.15) is 31.2 Å². The fourth-order valence-electron chi connectivity index (χ4n) is 1.82. The quantitative estimate of drug-likeness (QED) is 0.854. The molecule has 104 valence electrons. The maximum atomic E-state index is 12.1. The molecule has 2 aromatic rings. The number of nitrogens with one attached hydrogen (secondary N) is 1. The first-order valence-corrected chi connectivity index (χ1v) is 7.44. The van der Waals surface area contributed by atoms with Crippen LogP contribution in [0.5, 0.6) is 0 Å². The predicted octanol–water partition coefficient (Wildman–Crippen LogP) is 2.93. The third kappa shape index (κ3) is 3.43. The van der Waals surface area contributed by atoms with Crippen LogP contribution in [-0.2, 0) is 6.54 Å². The number of thiocarbonyl (C=S) groups is 1. The Balaban J connectivity index is 2.05. The molecule has 0 aliphatic heterocycles. The molecule has 0 aliphatic carbocycles. The van der Waals surface area contributed by atoms with E-state index in [1.54, 1.807) is 35.6 Å². The number of thiophene rings is 1. The highest BCUT2D eigenvalue weighted by Gasteiger charge is 2.08. The second-order valence-corrected chi connectivity index (χ2v) is 6.36. The minimum Gasteiger partial charge on any atom is -0.389 e. The van der Waals surface area contributed by atoms with E-state index in [4.69, 9.17) is 18.0 Å². The van der Waals surface area contributed by atoms with Gasteiger partial charge >= 0.3 is 0 Å². The fraction of sp³-hybridized carbons (Fsp3) is 0.200.